The van der Waals surface area contributed by atoms with Crippen molar-refractivity contribution in [1.82, 2.24) is 4.90 Å². The molecule has 3 nitrogen and oxygen atoms in total. The zero-order valence-electron chi connectivity index (χ0n) is 10.3. The first-order chi connectivity index (χ1) is 8.24. The fourth-order valence-corrected chi connectivity index (χ4v) is 4.03. The number of hydrogen-bond donors (Lipinski definition) is 1. The molecule has 2 aliphatic heterocycles. The Kier molecular flexibility index (Phi) is 3.11. The van der Waals surface area contributed by atoms with Crippen molar-refractivity contribution in [2.24, 2.45) is 5.73 Å². The minimum Gasteiger partial charge on any atom is -0.484 e. The van der Waals surface area contributed by atoms with E-state index in [9.17, 15) is 0 Å². The average molecular weight is 252 g/mol. The van der Waals surface area contributed by atoms with Gasteiger partial charge in [-0.15, -0.1) is 11.3 Å². The molecule has 0 radical (unpaired) electrons. The van der Waals surface area contributed by atoms with Gasteiger partial charge in [-0.05, 0) is 45.3 Å². The molecule has 2 atom stereocenters. The molecule has 2 N–H and O–H groups in total. The number of hydrogen-bond acceptors (Lipinski definition) is 4. The Hall–Kier alpha value is -0.580. The first-order valence-electron chi connectivity index (χ1n) is 6.45. The van der Waals surface area contributed by atoms with Crippen LogP contribution in [-0.4, -0.2) is 31.1 Å². The van der Waals surface area contributed by atoms with Gasteiger partial charge in [0.25, 0.3) is 0 Å². The minimum atomic E-state index is 0.358. The van der Waals surface area contributed by atoms with E-state index in [1.165, 1.54) is 16.9 Å². The van der Waals surface area contributed by atoms with Crippen molar-refractivity contribution in [3.8, 4) is 5.06 Å². The zero-order valence-corrected chi connectivity index (χ0v) is 11.1. The van der Waals surface area contributed by atoms with Gasteiger partial charge in [-0.2, -0.15) is 0 Å². The zero-order chi connectivity index (χ0) is 11.8. The van der Waals surface area contributed by atoms with Gasteiger partial charge in [0, 0.05) is 22.5 Å². The Labute approximate surface area is 107 Å². The second kappa shape index (κ2) is 4.59. The lowest BCUT2D eigenvalue weighted by Crippen LogP contribution is -2.39. The second-order valence-corrected chi connectivity index (χ2v) is 6.24. The van der Waals surface area contributed by atoms with Crippen molar-refractivity contribution >= 4 is 11.3 Å². The van der Waals surface area contributed by atoms with Crippen LogP contribution < -0.4 is 10.5 Å². The molecule has 94 valence electrons. The van der Waals surface area contributed by atoms with E-state index in [1.807, 2.05) is 11.3 Å². The molecule has 0 amide bonds. The molecule has 1 aromatic heterocycles. The predicted octanol–water partition coefficient (Wildman–Crippen LogP) is 2.17. The number of nitrogens with two attached hydrogens (primary N) is 1. The number of piperidine rings is 1. The average Bonchev–Trinajstić information content (AvgIpc) is 2.75. The van der Waals surface area contributed by atoms with Crippen LogP contribution in [0, 0.1) is 0 Å². The van der Waals surface area contributed by atoms with E-state index in [0.717, 1.165) is 37.5 Å². The van der Waals surface area contributed by atoms with Gasteiger partial charge in [0.1, 0.15) is 0 Å². The lowest BCUT2D eigenvalue weighted by atomic mass is 9.97. The summed E-state index contributed by atoms with van der Waals surface area (Å²) >= 11 is 1.83. The molecule has 0 spiro atoms. The Morgan fingerprint density at radius 3 is 3.24 bits per heavy atom. The van der Waals surface area contributed by atoms with Crippen molar-refractivity contribution < 1.29 is 4.74 Å². The Morgan fingerprint density at radius 2 is 2.41 bits per heavy atom. The summed E-state index contributed by atoms with van der Waals surface area (Å²) in [5.74, 6) is 0. The van der Waals surface area contributed by atoms with Crippen LogP contribution in [0.15, 0.2) is 6.07 Å². The molecule has 2 aliphatic rings. The summed E-state index contributed by atoms with van der Waals surface area (Å²) in [6.45, 7) is 1.99. The maximum atomic E-state index is 6.09. The third kappa shape index (κ3) is 2.21. The number of thiophene rings is 1. The standard InChI is InChI=1S/C13H20N2OS/c1-15-5-4-10(14)8-11(15)12-7-9-3-2-6-16-13(9)17-12/h7,10-11H,2-6,8,14H2,1H3. The lowest BCUT2D eigenvalue weighted by molar-refractivity contribution is 0.174. The van der Waals surface area contributed by atoms with E-state index in [4.69, 9.17) is 10.5 Å². The minimum absolute atomic E-state index is 0.358. The highest BCUT2D eigenvalue weighted by Crippen LogP contribution is 2.41. The molecule has 1 saturated heterocycles. The predicted molar refractivity (Wildman–Crippen MR) is 70.7 cm³/mol. The smallest absolute Gasteiger partial charge is 0.177 e. The molecule has 4 heteroatoms. The number of aryl methyl sites for hydroxylation is 1. The molecular weight excluding hydrogens is 232 g/mol. The molecular formula is C13H20N2OS. The number of rotatable bonds is 1. The van der Waals surface area contributed by atoms with Crippen molar-refractivity contribution in [3.05, 3.63) is 16.5 Å². The van der Waals surface area contributed by atoms with E-state index in [1.54, 1.807) is 0 Å². The lowest BCUT2D eigenvalue weighted by Gasteiger charge is -2.35. The Bertz CT molecular complexity index is 381. The van der Waals surface area contributed by atoms with Crippen LogP contribution in [0.1, 0.15) is 35.7 Å². The number of nitrogens with zero attached hydrogens (tertiary/aromatic N) is 1. The van der Waals surface area contributed by atoms with Crippen LogP contribution in [0.5, 0.6) is 5.06 Å². The number of ether oxygens (including phenoxy) is 1. The van der Waals surface area contributed by atoms with Gasteiger partial charge in [0.05, 0.1) is 6.61 Å². The van der Waals surface area contributed by atoms with E-state index in [0.29, 0.717) is 12.1 Å². The van der Waals surface area contributed by atoms with E-state index in [2.05, 4.69) is 18.0 Å². The van der Waals surface area contributed by atoms with Gasteiger partial charge in [-0.3, -0.25) is 4.90 Å². The molecule has 2 unspecified atom stereocenters. The van der Waals surface area contributed by atoms with Crippen molar-refractivity contribution in [3.63, 3.8) is 0 Å². The second-order valence-electron chi connectivity index (χ2n) is 5.19. The summed E-state index contributed by atoms with van der Waals surface area (Å²) in [6.07, 6.45) is 4.53. The van der Waals surface area contributed by atoms with Crippen LogP contribution in [0.3, 0.4) is 0 Å². The third-order valence-corrected chi connectivity index (χ3v) is 5.04. The first kappa shape index (κ1) is 11.5. The molecule has 17 heavy (non-hydrogen) atoms. The summed E-state index contributed by atoms with van der Waals surface area (Å²) in [5, 5.41) is 1.15. The normalized spacial score (nSPS) is 29.8. The maximum Gasteiger partial charge on any atom is 0.177 e. The molecule has 3 heterocycles. The SMILES string of the molecule is CN1CCC(N)CC1c1cc2c(s1)OCCC2. The maximum absolute atomic E-state index is 6.09. The summed E-state index contributed by atoms with van der Waals surface area (Å²) in [4.78, 5) is 3.87. The van der Waals surface area contributed by atoms with Crippen LogP contribution >= 0.6 is 11.3 Å². The van der Waals surface area contributed by atoms with Crippen molar-refractivity contribution in [2.45, 2.75) is 37.8 Å². The fourth-order valence-electron chi connectivity index (χ4n) is 2.76. The quantitative estimate of drug-likeness (QED) is 0.832. The molecule has 1 fully saturated rings. The van der Waals surface area contributed by atoms with Crippen LogP contribution in [-0.2, 0) is 6.42 Å². The van der Waals surface area contributed by atoms with Gasteiger partial charge in [-0.1, -0.05) is 0 Å². The van der Waals surface area contributed by atoms with E-state index < -0.39 is 0 Å². The van der Waals surface area contributed by atoms with Gasteiger partial charge >= 0.3 is 0 Å². The van der Waals surface area contributed by atoms with Gasteiger partial charge in [0.2, 0.25) is 0 Å². The van der Waals surface area contributed by atoms with Crippen LogP contribution in [0.2, 0.25) is 0 Å². The molecule has 0 bridgehead atoms. The summed E-state index contributed by atoms with van der Waals surface area (Å²) in [7, 11) is 2.20. The first-order valence-corrected chi connectivity index (χ1v) is 7.27. The van der Waals surface area contributed by atoms with Gasteiger partial charge < -0.3 is 10.5 Å². The molecule has 1 aromatic rings. The topological polar surface area (TPSA) is 38.5 Å². The summed E-state index contributed by atoms with van der Waals surface area (Å²) in [5.41, 5.74) is 7.50. The number of likely N-dealkylation sites (tertiary alicyclic amines) is 1. The Balaban J connectivity index is 1.84. The highest BCUT2D eigenvalue weighted by Gasteiger charge is 2.28. The van der Waals surface area contributed by atoms with Gasteiger partial charge in [-0.25, -0.2) is 0 Å². The van der Waals surface area contributed by atoms with E-state index in [-0.39, 0.29) is 0 Å². The van der Waals surface area contributed by atoms with Gasteiger partial charge in [0.15, 0.2) is 5.06 Å². The summed E-state index contributed by atoms with van der Waals surface area (Å²) in [6, 6.07) is 3.20. The van der Waals surface area contributed by atoms with Crippen LogP contribution in [0.25, 0.3) is 0 Å². The van der Waals surface area contributed by atoms with Crippen LogP contribution in [0.4, 0.5) is 0 Å². The highest BCUT2D eigenvalue weighted by molar-refractivity contribution is 7.14. The highest BCUT2D eigenvalue weighted by atomic mass is 32.1. The monoisotopic (exact) mass is 252 g/mol. The van der Waals surface area contributed by atoms with E-state index >= 15 is 0 Å². The number of fused-ring (bicyclic) bond motifs is 1. The molecule has 0 saturated carbocycles. The third-order valence-electron chi connectivity index (χ3n) is 3.85. The molecule has 3 rings (SSSR count). The van der Waals surface area contributed by atoms with Crippen molar-refractivity contribution in [2.75, 3.05) is 20.2 Å². The summed E-state index contributed by atoms with van der Waals surface area (Å²) < 4.78 is 5.73. The molecule has 0 aromatic carbocycles. The van der Waals surface area contributed by atoms with Crippen molar-refractivity contribution in [1.29, 1.82) is 0 Å². The fraction of sp³-hybridized carbons (Fsp3) is 0.692. The Morgan fingerprint density at radius 1 is 1.53 bits per heavy atom. The largest absolute Gasteiger partial charge is 0.484 e. The molecule has 0 aliphatic carbocycles.